The van der Waals surface area contributed by atoms with E-state index in [0.717, 1.165) is 44.9 Å². The number of hydrogen-bond donors (Lipinski definition) is 2. The number of ketones is 1. The first-order valence-corrected chi connectivity index (χ1v) is 13.8. The van der Waals surface area contributed by atoms with Crippen molar-refractivity contribution in [2.45, 2.75) is 130 Å². The molecule has 0 aromatic rings. The second-order valence-electron chi connectivity index (χ2n) is 14.7. The van der Waals surface area contributed by atoms with Gasteiger partial charge in [-0.2, -0.15) is 0 Å². The molecule has 0 radical (unpaired) electrons. The van der Waals surface area contributed by atoms with Crippen molar-refractivity contribution in [3.05, 3.63) is 11.6 Å². The standard InChI is InChI=1S/C30H48O4/c1-25(2)18-9-11-21-27(5)15-13-20(29(7)16-14-24(34-29)26(3,4)33)28(27,6)17-23(32)30(21,8)19(18)10-12-22(25)31/h9,19-22,24,31,33H,10-17H2,1-8H3/t19-,20-,21-,22-,24-,27-,28+,29-,30-/m0/s1. The van der Waals surface area contributed by atoms with E-state index in [1.165, 1.54) is 5.57 Å². The molecule has 5 rings (SSSR count). The van der Waals surface area contributed by atoms with Crippen LogP contribution in [-0.2, 0) is 9.53 Å². The number of carbonyl (C=O) groups excluding carboxylic acids is 1. The highest BCUT2D eigenvalue weighted by Gasteiger charge is 2.72. The van der Waals surface area contributed by atoms with Crippen molar-refractivity contribution in [2.24, 2.45) is 39.4 Å². The van der Waals surface area contributed by atoms with Gasteiger partial charge in [0, 0.05) is 17.3 Å². The third-order valence-electron chi connectivity index (χ3n) is 12.5. The van der Waals surface area contributed by atoms with Crippen molar-refractivity contribution < 1.29 is 19.7 Å². The van der Waals surface area contributed by atoms with Crippen LogP contribution in [0.15, 0.2) is 11.6 Å². The molecule has 0 spiro atoms. The molecule has 4 fully saturated rings. The Morgan fingerprint density at radius 1 is 0.941 bits per heavy atom. The van der Waals surface area contributed by atoms with Crippen LogP contribution in [0.3, 0.4) is 0 Å². The number of Topliss-reactive ketones (excluding diaryl/α,β-unsaturated/α-hetero) is 1. The van der Waals surface area contributed by atoms with Gasteiger partial charge in [0.15, 0.2) is 0 Å². The van der Waals surface area contributed by atoms with Gasteiger partial charge in [-0.15, -0.1) is 0 Å². The van der Waals surface area contributed by atoms with Crippen molar-refractivity contribution in [3.63, 3.8) is 0 Å². The molecule has 0 aromatic heterocycles. The fraction of sp³-hybridized carbons (Fsp3) is 0.900. The van der Waals surface area contributed by atoms with Crippen LogP contribution in [0.25, 0.3) is 0 Å². The number of aliphatic hydroxyl groups is 2. The van der Waals surface area contributed by atoms with Crippen LogP contribution in [-0.4, -0.2) is 39.4 Å². The fourth-order valence-corrected chi connectivity index (χ4v) is 10.0. The second-order valence-corrected chi connectivity index (χ2v) is 14.7. The van der Waals surface area contributed by atoms with Gasteiger partial charge in [-0.25, -0.2) is 0 Å². The number of allylic oxidation sites excluding steroid dienone is 1. The minimum atomic E-state index is -0.843. The molecule has 2 N–H and O–H groups in total. The molecule has 1 heterocycles. The van der Waals surface area contributed by atoms with E-state index in [9.17, 15) is 15.0 Å². The summed E-state index contributed by atoms with van der Waals surface area (Å²) in [5, 5.41) is 21.4. The predicted molar refractivity (Wildman–Crippen MR) is 134 cm³/mol. The average Bonchev–Trinajstić information content (AvgIpc) is 3.24. The Bertz CT molecular complexity index is 913. The zero-order valence-corrected chi connectivity index (χ0v) is 22.8. The molecule has 0 aromatic carbocycles. The molecule has 0 amide bonds. The van der Waals surface area contributed by atoms with Crippen molar-refractivity contribution >= 4 is 5.78 Å². The van der Waals surface area contributed by atoms with Crippen LogP contribution in [0.2, 0.25) is 0 Å². The van der Waals surface area contributed by atoms with Gasteiger partial charge in [-0.05, 0) is 94.3 Å². The first kappa shape index (κ1) is 25.0. The monoisotopic (exact) mass is 472 g/mol. The lowest BCUT2D eigenvalue weighted by atomic mass is 9.38. The number of ether oxygens (including phenoxy) is 1. The summed E-state index contributed by atoms with van der Waals surface area (Å²) in [5.41, 5.74) is -0.443. The Hall–Kier alpha value is -0.710. The molecule has 1 saturated heterocycles. The van der Waals surface area contributed by atoms with Crippen molar-refractivity contribution in [1.82, 2.24) is 0 Å². The molecule has 3 saturated carbocycles. The normalized spacial score (nSPS) is 52.6. The fourth-order valence-electron chi connectivity index (χ4n) is 10.0. The SMILES string of the molecule is CC(C)(O)[C@@H]1CC[C@@](C)([C@H]2CC[C@@]3(C)[C@@H]4CC=C5[C@H](CC[C@H](O)C5(C)C)[C@]4(C)C(=O)C[C@]23C)O1. The minimum Gasteiger partial charge on any atom is -0.392 e. The molecule has 4 heteroatoms. The molecular formula is C30H48O4. The summed E-state index contributed by atoms with van der Waals surface area (Å²) < 4.78 is 6.68. The smallest absolute Gasteiger partial charge is 0.140 e. The van der Waals surface area contributed by atoms with E-state index in [1.807, 2.05) is 13.8 Å². The highest BCUT2D eigenvalue weighted by Crippen LogP contribution is 2.75. The Kier molecular flexibility index (Phi) is 5.28. The zero-order valence-electron chi connectivity index (χ0n) is 22.8. The van der Waals surface area contributed by atoms with E-state index < -0.39 is 5.60 Å². The molecule has 9 atom stereocenters. The number of rotatable bonds is 2. The summed E-state index contributed by atoms with van der Waals surface area (Å²) in [6.45, 7) is 17.5. The highest BCUT2D eigenvalue weighted by molar-refractivity contribution is 5.88. The van der Waals surface area contributed by atoms with Crippen LogP contribution in [0.4, 0.5) is 0 Å². The van der Waals surface area contributed by atoms with Crippen LogP contribution >= 0.6 is 0 Å². The van der Waals surface area contributed by atoms with E-state index in [1.54, 1.807) is 0 Å². The molecule has 4 aliphatic carbocycles. The number of carbonyl (C=O) groups is 1. The molecular weight excluding hydrogens is 424 g/mol. The lowest BCUT2D eigenvalue weighted by molar-refractivity contribution is -0.190. The maximum Gasteiger partial charge on any atom is 0.140 e. The summed E-state index contributed by atoms with van der Waals surface area (Å²) in [6.07, 6.45) is 9.27. The van der Waals surface area contributed by atoms with E-state index in [-0.39, 0.29) is 45.4 Å². The summed E-state index contributed by atoms with van der Waals surface area (Å²) in [4.78, 5) is 14.3. The quantitative estimate of drug-likeness (QED) is 0.496. The first-order chi connectivity index (χ1) is 15.5. The molecule has 5 aliphatic rings. The minimum absolute atomic E-state index is 0.0712. The molecule has 192 valence electrons. The molecule has 0 bridgehead atoms. The Morgan fingerprint density at radius 3 is 2.24 bits per heavy atom. The van der Waals surface area contributed by atoms with Gasteiger partial charge in [-0.3, -0.25) is 4.79 Å². The third-order valence-corrected chi connectivity index (χ3v) is 12.5. The van der Waals surface area contributed by atoms with Gasteiger partial charge in [0.05, 0.1) is 23.4 Å². The summed E-state index contributed by atoms with van der Waals surface area (Å²) in [5.74, 6) is 1.33. The van der Waals surface area contributed by atoms with Gasteiger partial charge in [0.25, 0.3) is 0 Å². The van der Waals surface area contributed by atoms with Gasteiger partial charge in [0.2, 0.25) is 0 Å². The maximum absolute atomic E-state index is 14.3. The summed E-state index contributed by atoms with van der Waals surface area (Å²) in [7, 11) is 0. The number of hydrogen-bond acceptors (Lipinski definition) is 4. The van der Waals surface area contributed by atoms with E-state index in [0.29, 0.717) is 24.0 Å². The van der Waals surface area contributed by atoms with E-state index in [4.69, 9.17) is 4.74 Å². The lowest BCUT2D eigenvalue weighted by Crippen LogP contribution is -2.64. The maximum atomic E-state index is 14.3. The molecule has 34 heavy (non-hydrogen) atoms. The van der Waals surface area contributed by atoms with Crippen molar-refractivity contribution in [3.8, 4) is 0 Å². The van der Waals surface area contributed by atoms with Crippen LogP contribution in [0.5, 0.6) is 0 Å². The molecule has 0 unspecified atom stereocenters. The van der Waals surface area contributed by atoms with Gasteiger partial charge in [-0.1, -0.05) is 46.3 Å². The van der Waals surface area contributed by atoms with Gasteiger partial charge >= 0.3 is 0 Å². The van der Waals surface area contributed by atoms with Gasteiger partial charge in [0.1, 0.15) is 5.78 Å². The Morgan fingerprint density at radius 2 is 1.62 bits per heavy atom. The highest BCUT2D eigenvalue weighted by atomic mass is 16.5. The lowest BCUT2D eigenvalue weighted by Gasteiger charge is -2.65. The molecule has 1 aliphatic heterocycles. The van der Waals surface area contributed by atoms with Crippen molar-refractivity contribution in [1.29, 1.82) is 0 Å². The summed E-state index contributed by atoms with van der Waals surface area (Å²) >= 11 is 0. The van der Waals surface area contributed by atoms with E-state index >= 15 is 0 Å². The Balaban J connectivity index is 1.53. The first-order valence-electron chi connectivity index (χ1n) is 13.8. The largest absolute Gasteiger partial charge is 0.392 e. The summed E-state index contributed by atoms with van der Waals surface area (Å²) in [6, 6.07) is 0. The Labute approximate surface area is 206 Å². The van der Waals surface area contributed by atoms with Crippen LogP contribution in [0, 0.1) is 39.4 Å². The van der Waals surface area contributed by atoms with Crippen LogP contribution < -0.4 is 0 Å². The zero-order chi connectivity index (χ0) is 25.1. The average molecular weight is 473 g/mol. The topological polar surface area (TPSA) is 66.8 Å². The van der Waals surface area contributed by atoms with E-state index in [2.05, 4.69) is 47.6 Å². The third kappa shape index (κ3) is 2.97. The van der Waals surface area contributed by atoms with Crippen LogP contribution in [0.1, 0.15) is 107 Å². The van der Waals surface area contributed by atoms with Crippen molar-refractivity contribution in [2.75, 3.05) is 0 Å². The predicted octanol–water partition coefficient (Wildman–Crippen LogP) is 5.84. The second kappa shape index (κ2) is 7.19. The number of fused-ring (bicyclic) bond motifs is 5. The number of aliphatic hydroxyl groups excluding tert-OH is 1. The van der Waals surface area contributed by atoms with Gasteiger partial charge < -0.3 is 14.9 Å². The molecule has 4 nitrogen and oxygen atoms in total.